The van der Waals surface area contributed by atoms with Gasteiger partial charge in [-0.2, -0.15) is 0 Å². The van der Waals surface area contributed by atoms with Gasteiger partial charge in [0.1, 0.15) is 17.3 Å². The van der Waals surface area contributed by atoms with Crippen molar-refractivity contribution in [3.8, 4) is 17.1 Å². The van der Waals surface area contributed by atoms with Crippen molar-refractivity contribution in [2.45, 2.75) is 13.0 Å². The lowest BCUT2D eigenvalue weighted by molar-refractivity contribution is 0.294. The molecule has 0 aliphatic carbocycles. The van der Waals surface area contributed by atoms with Crippen molar-refractivity contribution in [3.05, 3.63) is 41.7 Å². The Hall–Kier alpha value is -1.74. The average Bonchev–Trinajstić information content (AvgIpc) is 2.72. The maximum Gasteiger partial charge on any atom is 0.134 e. The molecule has 1 aromatic heterocycles. The number of rotatable bonds is 1. The normalized spacial score (nSPS) is 15.8. The maximum absolute atomic E-state index is 9.26. The standard InChI is InChI=1S/C14H15NO2/c1-15-7-6-13-11(9-15)8-14(17-13)10-2-4-12(16)5-3-10/h2-5,8,16H,6-7,9H2,1H3. The van der Waals surface area contributed by atoms with E-state index in [9.17, 15) is 5.11 Å². The number of furan rings is 1. The summed E-state index contributed by atoms with van der Waals surface area (Å²) in [5.41, 5.74) is 2.29. The number of phenolic OH excluding ortho intramolecular Hbond substituents is 1. The molecule has 0 radical (unpaired) electrons. The number of nitrogens with zero attached hydrogens (tertiary/aromatic N) is 1. The fraction of sp³-hybridized carbons (Fsp3) is 0.286. The van der Waals surface area contributed by atoms with Crippen LogP contribution in [0.1, 0.15) is 11.3 Å². The van der Waals surface area contributed by atoms with E-state index in [0.29, 0.717) is 0 Å². The molecule has 0 saturated heterocycles. The summed E-state index contributed by atoms with van der Waals surface area (Å²) in [6.07, 6.45) is 0.976. The molecule has 3 rings (SSSR count). The second-order valence-electron chi connectivity index (χ2n) is 4.59. The molecule has 0 bridgehead atoms. The molecule has 17 heavy (non-hydrogen) atoms. The van der Waals surface area contributed by atoms with Gasteiger partial charge in [0.15, 0.2) is 0 Å². The topological polar surface area (TPSA) is 36.6 Å². The first-order chi connectivity index (χ1) is 8.22. The van der Waals surface area contributed by atoms with Gasteiger partial charge in [0, 0.05) is 30.6 Å². The summed E-state index contributed by atoms with van der Waals surface area (Å²) in [5.74, 6) is 2.28. The van der Waals surface area contributed by atoms with E-state index in [1.165, 1.54) is 5.56 Å². The monoisotopic (exact) mass is 229 g/mol. The molecule has 2 aromatic rings. The van der Waals surface area contributed by atoms with Crippen LogP contribution in [0.4, 0.5) is 0 Å². The SMILES string of the molecule is CN1CCc2oc(-c3ccc(O)cc3)cc2C1. The Bertz CT molecular complexity index is 528. The van der Waals surface area contributed by atoms with Crippen molar-refractivity contribution in [2.75, 3.05) is 13.6 Å². The number of hydrogen-bond acceptors (Lipinski definition) is 3. The van der Waals surface area contributed by atoms with Gasteiger partial charge in [-0.3, -0.25) is 0 Å². The number of phenols is 1. The molecule has 0 fully saturated rings. The van der Waals surface area contributed by atoms with Crippen molar-refractivity contribution in [3.63, 3.8) is 0 Å². The van der Waals surface area contributed by atoms with E-state index in [1.54, 1.807) is 12.1 Å². The lowest BCUT2D eigenvalue weighted by atomic mass is 10.1. The van der Waals surface area contributed by atoms with Crippen LogP contribution in [0.15, 0.2) is 34.7 Å². The number of likely N-dealkylation sites (N-methyl/N-ethyl adjacent to an activating group) is 1. The van der Waals surface area contributed by atoms with Crippen molar-refractivity contribution in [1.82, 2.24) is 4.90 Å². The number of fused-ring (bicyclic) bond motifs is 1. The smallest absolute Gasteiger partial charge is 0.134 e. The van der Waals surface area contributed by atoms with Gasteiger partial charge in [-0.25, -0.2) is 0 Å². The lowest BCUT2D eigenvalue weighted by Crippen LogP contribution is -2.25. The van der Waals surface area contributed by atoms with Crippen LogP contribution in [0.2, 0.25) is 0 Å². The van der Waals surface area contributed by atoms with Gasteiger partial charge in [-0.05, 0) is 37.4 Å². The quantitative estimate of drug-likeness (QED) is 0.816. The molecule has 0 spiro atoms. The highest BCUT2D eigenvalue weighted by Crippen LogP contribution is 2.29. The summed E-state index contributed by atoms with van der Waals surface area (Å²) in [5, 5.41) is 9.26. The third kappa shape index (κ3) is 1.94. The van der Waals surface area contributed by atoms with Gasteiger partial charge in [0.05, 0.1) is 0 Å². The van der Waals surface area contributed by atoms with Crippen LogP contribution in [0.5, 0.6) is 5.75 Å². The number of benzene rings is 1. The lowest BCUT2D eigenvalue weighted by Gasteiger charge is -2.20. The highest BCUT2D eigenvalue weighted by atomic mass is 16.3. The van der Waals surface area contributed by atoms with Crippen molar-refractivity contribution in [1.29, 1.82) is 0 Å². The summed E-state index contributed by atoms with van der Waals surface area (Å²) in [7, 11) is 2.12. The fourth-order valence-corrected chi connectivity index (χ4v) is 2.24. The minimum Gasteiger partial charge on any atom is -0.508 e. The minimum absolute atomic E-state index is 0.282. The third-order valence-electron chi connectivity index (χ3n) is 3.21. The van der Waals surface area contributed by atoms with E-state index in [0.717, 1.165) is 36.6 Å². The summed E-state index contributed by atoms with van der Waals surface area (Å²) >= 11 is 0. The highest BCUT2D eigenvalue weighted by Gasteiger charge is 2.18. The molecule has 0 unspecified atom stereocenters. The predicted molar refractivity (Wildman–Crippen MR) is 65.8 cm³/mol. The van der Waals surface area contributed by atoms with Crippen LogP contribution in [0.25, 0.3) is 11.3 Å². The van der Waals surface area contributed by atoms with Crippen LogP contribution in [0, 0.1) is 0 Å². The summed E-state index contributed by atoms with van der Waals surface area (Å²) < 4.78 is 5.87. The summed E-state index contributed by atoms with van der Waals surface area (Å²) in [4.78, 5) is 2.29. The summed E-state index contributed by atoms with van der Waals surface area (Å²) in [6.45, 7) is 2.01. The molecule has 1 aliphatic heterocycles. The van der Waals surface area contributed by atoms with Crippen LogP contribution in [0.3, 0.4) is 0 Å². The third-order valence-corrected chi connectivity index (χ3v) is 3.21. The molecule has 2 heterocycles. The largest absolute Gasteiger partial charge is 0.508 e. The molecule has 3 nitrogen and oxygen atoms in total. The molecule has 1 aliphatic rings. The van der Waals surface area contributed by atoms with E-state index in [1.807, 2.05) is 12.1 Å². The number of aromatic hydroxyl groups is 1. The molecule has 1 N–H and O–H groups in total. The van der Waals surface area contributed by atoms with Gasteiger partial charge in [-0.1, -0.05) is 0 Å². The Morgan fingerprint density at radius 1 is 1.24 bits per heavy atom. The van der Waals surface area contributed by atoms with Crippen LogP contribution in [-0.2, 0) is 13.0 Å². The van der Waals surface area contributed by atoms with Crippen LogP contribution >= 0.6 is 0 Å². The van der Waals surface area contributed by atoms with Gasteiger partial charge in [-0.15, -0.1) is 0 Å². The Kier molecular flexibility index (Phi) is 2.41. The van der Waals surface area contributed by atoms with Crippen molar-refractivity contribution >= 4 is 0 Å². The van der Waals surface area contributed by atoms with E-state index in [4.69, 9.17) is 4.42 Å². The zero-order valence-corrected chi connectivity index (χ0v) is 9.81. The Morgan fingerprint density at radius 3 is 2.76 bits per heavy atom. The van der Waals surface area contributed by atoms with Crippen molar-refractivity contribution < 1.29 is 9.52 Å². The molecule has 3 heteroatoms. The molecule has 0 amide bonds. The fourth-order valence-electron chi connectivity index (χ4n) is 2.24. The molecule has 1 aromatic carbocycles. The average molecular weight is 229 g/mol. The zero-order valence-electron chi connectivity index (χ0n) is 9.81. The Balaban J connectivity index is 1.97. The minimum atomic E-state index is 0.282. The first-order valence-corrected chi connectivity index (χ1v) is 5.82. The molecular formula is C14H15NO2. The van der Waals surface area contributed by atoms with E-state index >= 15 is 0 Å². The van der Waals surface area contributed by atoms with Gasteiger partial charge >= 0.3 is 0 Å². The Morgan fingerprint density at radius 2 is 2.00 bits per heavy atom. The molecule has 0 atom stereocenters. The van der Waals surface area contributed by atoms with Gasteiger partial charge < -0.3 is 14.4 Å². The first kappa shape index (κ1) is 10.4. The second-order valence-corrected chi connectivity index (χ2v) is 4.59. The van der Waals surface area contributed by atoms with E-state index in [2.05, 4.69) is 18.0 Å². The zero-order chi connectivity index (χ0) is 11.8. The van der Waals surface area contributed by atoms with Gasteiger partial charge in [0.25, 0.3) is 0 Å². The van der Waals surface area contributed by atoms with Crippen LogP contribution in [-0.4, -0.2) is 23.6 Å². The second kappa shape index (κ2) is 3.93. The number of hydrogen-bond donors (Lipinski definition) is 1. The first-order valence-electron chi connectivity index (χ1n) is 5.82. The van der Waals surface area contributed by atoms with Crippen molar-refractivity contribution in [2.24, 2.45) is 0 Å². The molecule has 88 valence electrons. The van der Waals surface area contributed by atoms with Crippen LogP contribution < -0.4 is 0 Å². The Labute approximate surface area is 100 Å². The molecular weight excluding hydrogens is 214 g/mol. The predicted octanol–water partition coefficient (Wildman–Crippen LogP) is 2.64. The van der Waals surface area contributed by atoms with Gasteiger partial charge in [0.2, 0.25) is 0 Å². The van der Waals surface area contributed by atoms with E-state index in [-0.39, 0.29) is 5.75 Å². The maximum atomic E-state index is 9.26. The highest BCUT2D eigenvalue weighted by molar-refractivity contribution is 5.60. The molecule has 0 saturated carbocycles. The summed E-state index contributed by atoms with van der Waals surface area (Å²) in [6, 6.07) is 9.23. The van der Waals surface area contributed by atoms with E-state index < -0.39 is 0 Å².